The van der Waals surface area contributed by atoms with Crippen LogP contribution in [-0.2, 0) is 4.74 Å². The largest absolute Gasteiger partial charge is 0.376 e. The van der Waals surface area contributed by atoms with Crippen LogP contribution in [0.2, 0.25) is 0 Å². The van der Waals surface area contributed by atoms with Gasteiger partial charge in [-0.15, -0.1) is 0 Å². The maximum atomic E-state index is 6.49. The zero-order chi connectivity index (χ0) is 25.1. The number of pyridine rings is 1. The zero-order valence-corrected chi connectivity index (χ0v) is 21.0. The van der Waals surface area contributed by atoms with Crippen LogP contribution < -0.4 is 15.5 Å². The molecular weight excluding hydrogens is 472 g/mol. The van der Waals surface area contributed by atoms with Crippen LogP contribution in [0, 0.1) is 5.41 Å². The number of anilines is 3. The number of fused-ring (bicyclic) bond motifs is 2. The van der Waals surface area contributed by atoms with Crippen molar-refractivity contribution in [3.05, 3.63) is 30.4 Å². The highest BCUT2D eigenvalue weighted by atomic mass is 16.5. The molecule has 37 heavy (non-hydrogen) atoms. The van der Waals surface area contributed by atoms with Crippen molar-refractivity contribution >= 4 is 28.5 Å². The van der Waals surface area contributed by atoms with Gasteiger partial charge in [-0.25, -0.2) is 15.0 Å². The summed E-state index contributed by atoms with van der Waals surface area (Å²) in [5, 5.41) is 11.7. The second kappa shape index (κ2) is 8.45. The zero-order valence-electron chi connectivity index (χ0n) is 21.0. The van der Waals surface area contributed by atoms with E-state index in [1.165, 1.54) is 6.39 Å². The predicted molar refractivity (Wildman–Crippen MR) is 137 cm³/mol. The molecule has 2 saturated heterocycles. The van der Waals surface area contributed by atoms with Gasteiger partial charge >= 0.3 is 0 Å². The van der Waals surface area contributed by atoms with Crippen molar-refractivity contribution in [2.24, 2.45) is 11.1 Å². The Morgan fingerprint density at radius 3 is 2.73 bits per heavy atom. The molecule has 4 aromatic rings. The number of nitrogens with one attached hydrogen (secondary N) is 1. The molecule has 0 saturated carbocycles. The van der Waals surface area contributed by atoms with Crippen molar-refractivity contribution in [2.45, 2.75) is 51.2 Å². The van der Waals surface area contributed by atoms with Crippen LogP contribution in [0.25, 0.3) is 22.7 Å². The van der Waals surface area contributed by atoms with E-state index in [-0.39, 0.29) is 17.6 Å². The Balaban J connectivity index is 1.15. The van der Waals surface area contributed by atoms with Gasteiger partial charge in [0.1, 0.15) is 11.5 Å². The van der Waals surface area contributed by atoms with Gasteiger partial charge in [0, 0.05) is 37.0 Å². The summed E-state index contributed by atoms with van der Waals surface area (Å²) >= 11 is 0. The number of nitrogens with zero attached hydrogens (tertiary/aromatic N) is 8. The smallest absolute Gasteiger partial charge is 0.220 e. The summed E-state index contributed by atoms with van der Waals surface area (Å²) in [5.41, 5.74) is 10.7. The molecule has 0 amide bonds. The van der Waals surface area contributed by atoms with Gasteiger partial charge < -0.3 is 24.8 Å². The Hall–Kier alpha value is -3.64. The van der Waals surface area contributed by atoms with E-state index < -0.39 is 0 Å². The fourth-order valence-corrected chi connectivity index (χ4v) is 6.04. The first-order valence-electron chi connectivity index (χ1n) is 12.9. The monoisotopic (exact) mass is 502 g/mol. The fourth-order valence-electron chi connectivity index (χ4n) is 6.04. The lowest BCUT2D eigenvalue weighted by Gasteiger charge is -2.41. The third kappa shape index (κ3) is 3.57. The van der Waals surface area contributed by atoms with Crippen LogP contribution in [0.1, 0.15) is 44.7 Å². The minimum absolute atomic E-state index is 0.0744. The van der Waals surface area contributed by atoms with E-state index in [0.29, 0.717) is 23.1 Å². The van der Waals surface area contributed by atoms with E-state index >= 15 is 0 Å². The van der Waals surface area contributed by atoms with Gasteiger partial charge in [-0.2, -0.15) is 10.1 Å². The first-order valence-corrected chi connectivity index (χ1v) is 12.9. The minimum atomic E-state index is 0.0744. The summed E-state index contributed by atoms with van der Waals surface area (Å²) in [6.45, 7) is 7.60. The number of ether oxygens (including phenoxy) is 1. The number of H-pyrrole nitrogens is 1. The number of aromatic amines is 1. The average Bonchev–Trinajstić information content (AvgIpc) is 3.67. The number of rotatable bonds is 3. The highest BCUT2D eigenvalue weighted by Crippen LogP contribution is 2.43. The summed E-state index contributed by atoms with van der Waals surface area (Å²) in [6, 6.07) is 4.05. The number of hydrogen-bond acceptors (Lipinski definition) is 11. The summed E-state index contributed by atoms with van der Waals surface area (Å²) in [4.78, 5) is 23.2. The first-order chi connectivity index (χ1) is 18.0. The van der Waals surface area contributed by atoms with Crippen molar-refractivity contribution in [1.82, 2.24) is 35.3 Å². The van der Waals surface area contributed by atoms with Crippen LogP contribution in [0.3, 0.4) is 0 Å². The topological polar surface area (TPSA) is 148 Å². The van der Waals surface area contributed by atoms with Gasteiger partial charge in [0.15, 0.2) is 17.0 Å². The molecule has 0 aliphatic carbocycles. The summed E-state index contributed by atoms with van der Waals surface area (Å²) in [6.07, 6.45) is 6.22. The van der Waals surface area contributed by atoms with Gasteiger partial charge in [-0.3, -0.25) is 5.10 Å². The number of aromatic nitrogens is 7. The molecule has 1 spiro atoms. The first kappa shape index (κ1) is 22.5. The lowest BCUT2D eigenvalue weighted by Crippen LogP contribution is -2.50. The number of hydrogen-bond donors (Lipinski definition) is 2. The van der Waals surface area contributed by atoms with Gasteiger partial charge in [0.25, 0.3) is 0 Å². The van der Waals surface area contributed by atoms with Crippen molar-refractivity contribution in [3.63, 3.8) is 0 Å². The molecule has 7 heterocycles. The van der Waals surface area contributed by atoms with Crippen molar-refractivity contribution in [3.8, 4) is 11.5 Å². The summed E-state index contributed by atoms with van der Waals surface area (Å²) < 4.78 is 10.8. The van der Waals surface area contributed by atoms with E-state index in [1.807, 2.05) is 18.3 Å². The van der Waals surface area contributed by atoms with Gasteiger partial charge in [0.05, 0.1) is 30.3 Å². The Morgan fingerprint density at radius 1 is 1.11 bits per heavy atom. The standard InChI is InChI=1S/C25H30N10O2/c1-14-5-8-35(17-4-3-16(29-19(14)17)22-28-13-37-33-22)24-20-23(31-32-24)30-18(11-27-20)34-9-6-25(7-10-34)12-36-15(2)21(25)26/h3-4,11,13-15,21H,5-10,12,26H2,1-2H3,(H,30,31,32)/t14-,15?,21?/m0/s1. The third-order valence-electron chi connectivity index (χ3n) is 8.46. The van der Waals surface area contributed by atoms with Crippen molar-refractivity contribution in [2.75, 3.05) is 36.0 Å². The number of piperidine rings is 1. The summed E-state index contributed by atoms with van der Waals surface area (Å²) in [7, 11) is 0. The highest BCUT2D eigenvalue weighted by molar-refractivity contribution is 5.88. The molecule has 192 valence electrons. The van der Waals surface area contributed by atoms with E-state index in [0.717, 1.165) is 74.0 Å². The Kier molecular flexibility index (Phi) is 5.15. The Labute approximate surface area is 213 Å². The second-order valence-electron chi connectivity index (χ2n) is 10.6. The molecule has 2 unspecified atom stereocenters. The lowest BCUT2D eigenvalue weighted by molar-refractivity contribution is 0.0974. The van der Waals surface area contributed by atoms with Crippen LogP contribution in [0.15, 0.2) is 29.2 Å². The highest BCUT2D eigenvalue weighted by Gasteiger charge is 2.47. The molecule has 3 N–H and O–H groups in total. The van der Waals surface area contributed by atoms with Gasteiger partial charge in [-0.05, 0) is 38.3 Å². The summed E-state index contributed by atoms with van der Waals surface area (Å²) in [5.74, 6) is 2.40. The molecule has 4 aromatic heterocycles. The molecule has 3 aliphatic rings. The van der Waals surface area contributed by atoms with E-state index in [2.05, 4.69) is 44.0 Å². The molecule has 0 radical (unpaired) electrons. The van der Waals surface area contributed by atoms with Crippen molar-refractivity contribution < 1.29 is 9.26 Å². The minimum Gasteiger partial charge on any atom is -0.376 e. The molecule has 12 heteroatoms. The molecule has 12 nitrogen and oxygen atoms in total. The van der Waals surface area contributed by atoms with E-state index in [4.69, 9.17) is 29.9 Å². The number of nitrogens with two attached hydrogens (primary N) is 1. The Bertz CT molecular complexity index is 1430. The normalized spacial score (nSPS) is 25.2. The molecule has 0 bridgehead atoms. The Morgan fingerprint density at radius 2 is 1.97 bits per heavy atom. The van der Waals surface area contributed by atoms with E-state index in [9.17, 15) is 0 Å². The van der Waals surface area contributed by atoms with Crippen LogP contribution >= 0.6 is 0 Å². The maximum Gasteiger partial charge on any atom is 0.220 e. The van der Waals surface area contributed by atoms with Crippen LogP contribution in [0.4, 0.5) is 17.3 Å². The molecule has 3 atom stereocenters. The second-order valence-corrected chi connectivity index (χ2v) is 10.6. The molecule has 3 aliphatic heterocycles. The predicted octanol–water partition coefficient (Wildman–Crippen LogP) is 2.78. The van der Waals surface area contributed by atoms with Crippen LogP contribution in [-0.4, -0.2) is 73.7 Å². The lowest BCUT2D eigenvalue weighted by atomic mass is 9.73. The average molecular weight is 503 g/mol. The van der Waals surface area contributed by atoms with Gasteiger partial charge in [-0.1, -0.05) is 12.1 Å². The molecule has 2 fully saturated rings. The van der Waals surface area contributed by atoms with Gasteiger partial charge in [0.2, 0.25) is 12.2 Å². The molecule has 7 rings (SSSR count). The van der Waals surface area contributed by atoms with Crippen LogP contribution in [0.5, 0.6) is 0 Å². The maximum absolute atomic E-state index is 6.49. The fraction of sp³-hybridized carbons (Fsp3) is 0.520. The molecule has 0 aromatic carbocycles. The van der Waals surface area contributed by atoms with Crippen molar-refractivity contribution in [1.29, 1.82) is 0 Å². The van der Waals surface area contributed by atoms with E-state index in [1.54, 1.807) is 0 Å². The molecular formula is C25H30N10O2. The SMILES string of the molecule is CC1OCC2(CCN(c3cnc4c(N5CC[C@H](C)c6nc(-c7ncon7)ccc65)n[nH]c4n3)CC2)C1N. The third-order valence-corrected chi connectivity index (χ3v) is 8.46. The quantitative estimate of drug-likeness (QED) is 0.426.